The first-order chi connectivity index (χ1) is 22.8. The summed E-state index contributed by atoms with van der Waals surface area (Å²) in [7, 11) is 1.13. The van der Waals surface area contributed by atoms with E-state index in [1.807, 2.05) is 37.3 Å². The van der Waals surface area contributed by atoms with Crippen LogP contribution >= 0.6 is 0 Å². The summed E-state index contributed by atoms with van der Waals surface area (Å²) >= 11 is 0. The molecule has 0 radical (unpaired) electrons. The highest BCUT2D eigenvalue weighted by atomic mass is 16.8. The maximum atomic E-state index is 14.4. The first-order valence-corrected chi connectivity index (χ1v) is 17.0. The number of benzene rings is 1. The van der Waals surface area contributed by atoms with Gasteiger partial charge in [0, 0.05) is 26.4 Å². The van der Waals surface area contributed by atoms with Crippen molar-refractivity contribution < 1.29 is 57.4 Å². The maximum absolute atomic E-state index is 14.4. The van der Waals surface area contributed by atoms with E-state index < -0.39 is 81.4 Å². The van der Waals surface area contributed by atoms with Crippen LogP contribution in [0.1, 0.15) is 94.6 Å². The zero-order valence-electron chi connectivity index (χ0n) is 31.5. The SMILES string of the molecule is C=C(CCC12O[C@]3(C(=O)OC(C)(C)C)C([C@H]1O)[C@@](C(=O)OC(C)(C)C)(O2)C3(OC)C(=O)OC(C)(C)C)[C@@H](OC(C)=O)[C@H](C)Cc1ccccc1. The summed E-state index contributed by atoms with van der Waals surface area (Å²) in [6.45, 7) is 22.1. The molecule has 0 unspecified atom stereocenters. The fourth-order valence-corrected chi connectivity index (χ4v) is 7.55. The van der Waals surface area contributed by atoms with Gasteiger partial charge < -0.3 is 38.3 Å². The molecule has 2 aliphatic heterocycles. The molecule has 2 saturated heterocycles. The number of carbonyl (C=O) groups is 4. The monoisotopic (exact) mass is 702 g/mol. The van der Waals surface area contributed by atoms with Crippen LogP contribution in [0, 0.1) is 11.8 Å². The Hall–Kier alpha value is -3.32. The molecule has 1 aromatic rings. The molecule has 4 rings (SSSR count). The second-order valence-corrected chi connectivity index (χ2v) is 16.7. The van der Waals surface area contributed by atoms with Crippen molar-refractivity contribution in [2.75, 3.05) is 7.11 Å². The van der Waals surface area contributed by atoms with E-state index in [2.05, 4.69) is 6.58 Å². The molecule has 2 heterocycles. The van der Waals surface area contributed by atoms with E-state index in [1.165, 1.54) is 6.92 Å². The van der Waals surface area contributed by atoms with Gasteiger partial charge in [-0.3, -0.25) is 4.79 Å². The summed E-state index contributed by atoms with van der Waals surface area (Å²) in [6.07, 6.45) is -1.87. The molecule has 1 aliphatic carbocycles. The topological polar surface area (TPSA) is 153 Å². The largest absolute Gasteiger partial charge is 0.458 e. The van der Waals surface area contributed by atoms with Gasteiger partial charge in [-0.1, -0.05) is 43.8 Å². The fraction of sp³-hybridized carbons (Fsp3) is 0.684. The fourth-order valence-electron chi connectivity index (χ4n) is 7.55. The minimum absolute atomic E-state index is 0.0715. The summed E-state index contributed by atoms with van der Waals surface area (Å²) < 4.78 is 42.1. The van der Waals surface area contributed by atoms with Gasteiger partial charge in [0.05, 0.1) is 5.92 Å². The molecule has 2 bridgehead atoms. The first kappa shape index (κ1) is 39.5. The van der Waals surface area contributed by atoms with Gasteiger partial charge >= 0.3 is 23.9 Å². The van der Waals surface area contributed by atoms with E-state index in [0.717, 1.165) is 12.7 Å². The molecule has 3 fully saturated rings. The summed E-state index contributed by atoms with van der Waals surface area (Å²) in [5.41, 5.74) is -9.07. The lowest BCUT2D eigenvalue weighted by Crippen LogP contribution is -2.95. The molecule has 1 saturated carbocycles. The Labute approximate surface area is 295 Å². The van der Waals surface area contributed by atoms with Gasteiger partial charge in [-0.05, 0) is 86.3 Å². The Morgan fingerprint density at radius 1 is 0.840 bits per heavy atom. The summed E-state index contributed by atoms with van der Waals surface area (Å²) in [6, 6.07) is 9.71. The van der Waals surface area contributed by atoms with Gasteiger partial charge in [0.2, 0.25) is 16.8 Å². The Morgan fingerprint density at radius 3 is 1.72 bits per heavy atom. The van der Waals surface area contributed by atoms with Gasteiger partial charge in [-0.2, -0.15) is 0 Å². The van der Waals surface area contributed by atoms with E-state index in [9.17, 15) is 24.3 Å². The van der Waals surface area contributed by atoms with Crippen molar-refractivity contribution in [2.24, 2.45) is 11.8 Å². The molecule has 1 N–H and O–H groups in total. The van der Waals surface area contributed by atoms with E-state index in [-0.39, 0.29) is 18.8 Å². The number of carbonyl (C=O) groups excluding carboxylic acids is 4. The number of methoxy groups -OCH3 is 1. The van der Waals surface area contributed by atoms with Crippen molar-refractivity contribution in [3.63, 3.8) is 0 Å². The summed E-state index contributed by atoms with van der Waals surface area (Å²) in [5.74, 6) is -7.44. The zero-order chi connectivity index (χ0) is 37.9. The Kier molecular flexibility index (Phi) is 10.3. The van der Waals surface area contributed by atoms with Crippen molar-refractivity contribution in [3.05, 3.63) is 48.0 Å². The van der Waals surface area contributed by atoms with Crippen molar-refractivity contribution in [1.29, 1.82) is 0 Å². The number of fused-ring (bicyclic) bond motifs is 1. The molecule has 0 amide bonds. The molecule has 3 aliphatic rings. The molecule has 0 spiro atoms. The first-order valence-electron chi connectivity index (χ1n) is 17.0. The Balaban J connectivity index is 1.80. The van der Waals surface area contributed by atoms with Crippen LogP contribution in [0.2, 0.25) is 0 Å². The predicted octanol–water partition coefficient (Wildman–Crippen LogP) is 4.77. The van der Waals surface area contributed by atoms with Crippen molar-refractivity contribution >= 4 is 23.9 Å². The van der Waals surface area contributed by atoms with Gasteiger partial charge in [0.25, 0.3) is 0 Å². The van der Waals surface area contributed by atoms with Crippen LogP contribution in [0.25, 0.3) is 0 Å². The normalized spacial score (nSPS) is 31.2. The van der Waals surface area contributed by atoms with E-state index in [4.69, 9.17) is 33.2 Å². The predicted molar refractivity (Wildman–Crippen MR) is 180 cm³/mol. The second-order valence-electron chi connectivity index (χ2n) is 16.7. The summed E-state index contributed by atoms with van der Waals surface area (Å²) in [5, 5.41) is 12.1. The maximum Gasteiger partial charge on any atom is 0.346 e. The van der Waals surface area contributed by atoms with Crippen LogP contribution in [-0.2, 0) is 58.8 Å². The van der Waals surface area contributed by atoms with Gasteiger partial charge in [-0.25, -0.2) is 14.4 Å². The molecule has 50 heavy (non-hydrogen) atoms. The number of ether oxygens (including phenoxy) is 7. The van der Waals surface area contributed by atoms with E-state index in [1.54, 1.807) is 62.3 Å². The van der Waals surface area contributed by atoms with Gasteiger partial charge in [0.1, 0.15) is 29.0 Å². The average molecular weight is 703 g/mol. The minimum Gasteiger partial charge on any atom is -0.458 e. The Bertz CT molecular complexity index is 1450. The lowest BCUT2D eigenvalue weighted by atomic mass is 9.46. The molecular weight excluding hydrogens is 648 g/mol. The Morgan fingerprint density at radius 2 is 1.30 bits per heavy atom. The molecule has 0 aromatic heterocycles. The van der Waals surface area contributed by atoms with E-state index in [0.29, 0.717) is 12.0 Å². The lowest BCUT2D eigenvalue weighted by Gasteiger charge is -2.67. The molecule has 5 atom stereocenters. The average Bonchev–Trinajstić information content (AvgIpc) is 3.32. The van der Waals surface area contributed by atoms with Crippen molar-refractivity contribution in [3.8, 4) is 0 Å². The standard InChI is InChI=1S/C38H54O12/c1-22(26(45-24(3)39)23(2)21-25-17-15-14-16-18-25)19-20-35-28(40)27-36(49-35,29(41)46-32(4,5)6)38(44-13,31(43)48-34(10,11)12)37(27,50-35)30(42)47-33(7,8)9/h14-18,23,26-28,40H,1,19-21H2,2-13H3/t23-,26-,27?,28-,35?,36+,37+,38?/m1/s1. The van der Waals surface area contributed by atoms with Gasteiger partial charge in [-0.15, -0.1) is 0 Å². The van der Waals surface area contributed by atoms with Gasteiger partial charge in [0.15, 0.2) is 5.79 Å². The zero-order valence-corrected chi connectivity index (χ0v) is 31.5. The van der Waals surface area contributed by atoms with Crippen molar-refractivity contribution in [1.82, 2.24) is 0 Å². The third kappa shape index (κ3) is 6.48. The number of aliphatic hydroxyl groups excluding tert-OH is 1. The minimum atomic E-state index is -2.58. The summed E-state index contributed by atoms with van der Waals surface area (Å²) in [4.78, 5) is 55.4. The highest BCUT2D eigenvalue weighted by Crippen LogP contribution is 2.76. The van der Waals surface area contributed by atoms with Crippen LogP contribution < -0.4 is 0 Å². The highest BCUT2D eigenvalue weighted by molar-refractivity contribution is 6.07. The lowest BCUT2D eigenvalue weighted by molar-refractivity contribution is -0.450. The number of rotatable bonds is 12. The molecular formula is C38H54O12. The molecule has 12 heteroatoms. The molecule has 12 nitrogen and oxygen atoms in total. The quantitative estimate of drug-likeness (QED) is 0.181. The number of hydrogen-bond acceptors (Lipinski definition) is 12. The van der Waals surface area contributed by atoms with Crippen LogP contribution in [0.15, 0.2) is 42.5 Å². The van der Waals surface area contributed by atoms with E-state index >= 15 is 0 Å². The smallest absolute Gasteiger partial charge is 0.346 e. The van der Waals surface area contributed by atoms with Crippen LogP contribution in [-0.4, -0.2) is 87.7 Å². The number of aliphatic hydroxyl groups is 1. The molecule has 1 aromatic carbocycles. The number of esters is 4. The third-order valence-electron chi connectivity index (χ3n) is 9.16. The molecule has 278 valence electrons. The highest BCUT2D eigenvalue weighted by Gasteiger charge is 3.04. The van der Waals surface area contributed by atoms with Crippen molar-refractivity contribution in [2.45, 2.75) is 147 Å². The third-order valence-corrected chi connectivity index (χ3v) is 9.16. The van der Waals surface area contributed by atoms with Crippen LogP contribution in [0.5, 0.6) is 0 Å². The number of hydrogen-bond donors (Lipinski definition) is 1. The second kappa shape index (κ2) is 13.0. The van der Waals surface area contributed by atoms with Crippen LogP contribution in [0.3, 0.4) is 0 Å². The van der Waals surface area contributed by atoms with Crippen LogP contribution in [0.4, 0.5) is 0 Å².